The van der Waals surface area contributed by atoms with E-state index >= 15 is 0 Å². The van der Waals surface area contributed by atoms with E-state index in [0.717, 1.165) is 18.4 Å². The van der Waals surface area contributed by atoms with Crippen LogP contribution in [0.1, 0.15) is 56.2 Å². The molecule has 6 nitrogen and oxygen atoms in total. The summed E-state index contributed by atoms with van der Waals surface area (Å²) < 4.78 is 5.77. The third-order valence-corrected chi connectivity index (χ3v) is 6.32. The molecule has 6 heteroatoms. The van der Waals surface area contributed by atoms with Crippen molar-refractivity contribution in [2.24, 2.45) is 5.92 Å². The second-order valence-electron chi connectivity index (χ2n) is 8.68. The van der Waals surface area contributed by atoms with Crippen molar-refractivity contribution in [1.29, 1.82) is 0 Å². The minimum absolute atomic E-state index is 0.0840. The SMILES string of the molecule is CC1=C(C(=O)OCC2CCCCC2)C(c2cccc(O)c2)N(Cc2ccccc2)C(=O)N1. The Bertz CT molecular complexity index is 996. The Morgan fingerprint density at radius 2 is 1.84 bits per heavy atom. The van der Waals surface area contributed by atoms with Crippen LogP contribution in [0.15, 0.2) is 65.9 Å². The standard InChI is InChI=1S/C26H30N2O4/c1-18-23(25(30)32-17-20-11-6-3-7-12-20)24(21-13-8-14-22(29)15-21)28(26(31)27-18)16-19-9-4-2-5-10-19/h2,4-5,8-10,13-15,20,24,29H,3,6-7,11-12,16-17H2,1H3,(H,27,31). The van der Waals surface area contributed by atoms with Crippen LogP contribution < -0.4 is 5.32 Å². The molecule has 2 aromatic rings. The van der Waals surface area contributed by atoms with Crippen molar-refractivity contribution >= 4 is 12.0 Å². The Morgan fingerprint density at radius 3 is 2.56 bits per heavy atom. The number of nitrogens with zero attached hydrogens (tertiary/aromatic N) is 1. The van der Waals surface area contributed by atoms with Crippen LogP contribution in [0.5, 0.6) is 5.75 Å². The molecule has 168 valence electrons. The highest BCUT2D eigenvalue weighted by molar-refractivity contribution is 5.95. The topological polar surface area (TPSA) is 78.9 Å². The van der Waals surface area contributed by atoms with E-state index in [2.05, 4.69) is 5.32 Å². The largest absolute Gasteiger partial charge is 0.508 e. The van der Waals surface area contributed by atoms with E-state index in [1.54, 1.807) is 30.0 Å². The van der Waals surface area contributed by atoms with Gasteiger partial charge in [-0.15, -0.1) is 0 Å². The molecule has 4 rings (SSSR count). The van der Waals surface area contributed by atoms with Crippen molar-refractivity contribution in [2.45, 2.75) is 51.6 Å². The Hall–Kier alpha value is -3.28. The van der Waals surface area contributed by atoms with Crippen LogP contribution in [-0.4, -0.2) is 28.6 Å². The zero-order valence-electron chi connectivity index (χ0n) is 18.4. The summed E-state index contributed by atoms with van der Waals surface area (Å²) in [6.07, 6.45) is 5.76. The molecule has 1 unspecified atom stereocenters. The fraction of sp³-hybridized carbons (Fsp3) is 0.385. The van der Waals surface area contributed by atoms with Gasteiger partial charge in [0.1, 0.15) is 5.75 Å². The number of urea groups is 1. The third-order valence-electron chi connectivity index (χ3n) is 6.32. The van der Waals surface area contributed by atoms with Gasteiger partial charge in [0.25, 0.3) is 0 Å². The molecule has 1 aliphatic carbocycles. The number of aromatic hydroxyl groups is 1. The van der Waals surface area contributed by atoms with Crippen LogP contribution in [0.4, 0.5) is 4.79 Å². The van der Waals surface area contributed by atoms with Crippen molar-refractivity contribution in [3.63, 3.8) is 0 Å². The molecule has 0 aromatic heterocycles. The first-order chi connectivity index (χ1) is 15.5. The molecule has 0 radical (unpaired) electrons. The molecule has 1 heterocycles. The van der Waals surface area contributed by atoms with E-state index < -0.39 is 12.0 Å². The van der Waals surface area contributed by atoms with Crippen LogP contribution in [-0.2, 0) is 16.1 Å². The van der Waals surface area contributed by atoms with Crippen LogP contribution >= 0.6 is 0 Å². The van der Waals surface area contributed by atoms with Gasteiger partial charge in [0.2, 0.25) is 0 Å². The van der Waals surface area contributed by atoms with E-state index in [9.17, 15) is 14.7 Å². The van der Waals surface area contributed by atoms with Gasteiger partial charge in [-0.25, -0.2) is 9.59 Å². The van der Waals surface area contributed by atoms with E-state index in [4.69, 9.17) is 4.74 Å². The number of rotatable bonds is 6. The lowest BCUT2D eigenvalue weighted by molar-refractivity contribution is -0.141. The van der Waals surface area contributed by atoms with Gasteiger partial charge in [0.05, 0.1) is 18.2 Å². The normalized spacial score (nSPS) is 19.6. The average Bonchev–Trinajstić information content (AvgIpc) is 2.80. The van der Waals surface area contributed by atoms with Crippen LogP contribution in [0.2, 0.25) is 0 Å². The van der Waals surface area contributed by atoms with E-state index in [-0.39, 0.29) is 11.8 Å². The van der Waals surface area contributed by atoms with Crippen molar-refractivity contribution in [3.8, 4) is 5.75 Å². The summed E-state index contributed by atoms with van der Waals surface area (Å²) in [4.78, 5) is 27.9. The van der Waals surface area contributed by atoms with Gasteiger partial charge in [-0.05, 0) is 48.9 Å². The highest BCUT2D eigenvalue weighted by Gasteiger charge is 2.39. The molecule has 0 bridgehead atoms. The van der Waals surface area contributed by atoms with E-state index in [1.807, 2.05) is 36.4 Å². The summed E-state index contributed by atoms with van der Waals surface area (Å²) in [7, 11) is 0. The molecule has 0 spiro atoms. The third kappa shape index (κ3) is 4.96. The molecular weight excluding hydrogens is 404 g/mol. The minimum Gasteiger partial charge on any atom is -0.508 e. The van der Waals surface area contributed by atoms with Crippen molar-refractivity contribution in [2.75, 3.05) is 6.61 Å². The van der Waals surface area contributed by atoms with Crippen molar-refractivity contribution in [1.82, 2.24) is 10.2 Å². The van der Waals surface area contributed by atoms with Gasteiger partial charge in [-0.2, -0.15) is 0 Å². The number of benzene rings is 2. The first-order valence-corrected chi connectivity index (χ1v) is 11.3. The quantitative estimate of drug-likeness (QED) is 0.623. The number of carbonyl (C=O) groups excluding carboxylic acids is 2. The summed E-state index contributed by atoms with van der Waals surface area (Å²) in [5, 5.41) is 12.9. The molecule has 2 N–H and O–H groups in total. The average molecular weight is 435 g/mol. The maximum atomic E-state index is 13.3. The number of amides is 2. The number of allylic oxidation sites excluding steroid dienone is 1. The van der Waals surface area contributed by atoms with Crippen molar-refractivity contribution < 1.29 is 19.4 Å². The fourth-order valence-corrected chi connectivity index (χ4v) is 4.65. The molecule has 32 heavy (non-hydrogen) atoms. The van der Waals surface area contributed by atoms with Crippen molar-refractivity contribution in [3.05, 3.63) is 77.0 Å². The number of hydrogen-bond donors (Lipinski definition) is 2. The maximum Gasteiger partial charge on any atom is 0.338 e. The van der Waals surface area contributed by atoms with Crippen LogP contribution in [0, 0.1) is 5.92 Å². The zero-order chi connectivity index (χ0) is 22.5. The Balaban J connectivity index is 1.65. The molecular formula is C26H30N2O4. The summed E-state index contributed by atoms with van der Waals surface area (Å²) >= 11 is 0. The molecule has 1 fully saturated rings. The highest BCUT2D eigenvalue weighted by atomic mass is 16.5. The number of esters is 1. The second-order valence-corrected chi connectivity index (χ2v) is 8.68. The summed E-state index contributed by atoms with van der Waals surface area (Å²) in [5.41, 5.74) is 2.50. The number of carbonyl (C=O) groups is 2. The van der Waals surface area contributed by atoms with Gasteiger partial charge in [0, 0.05) is 12.2 Å². The Kier molecular flexibility index (Phi) is 6.78. The second kappa shape index (κ2) is 9.90. The predicted octanol–water partition coefficient (Wildman–Crippen LogP) is 5.06. The molecule has 2 aromatic carbocycles. The van der Waals surface area contributed by atoms with Gasteiger partial charge in [-0.1, -0.05) is 61.7 Å². The van der Waals surface area contributed by atoms with Gasteiger partial charge < -0.3 is 20.1 Å². The number of phenolic OH excluding ortho intramolecular Hbond substituents is 1. The molecule has 1 aliphatic heterocycles. The zero-order valence-corrected chi connectivity index (χ0v) is 18.4. The molecule has 1 atom stereocenters. The Labute approximate surface area is 188 Å². The summed E-state index contributed by atoms with van der Waals surface area (Å²) in [6, 6.07) is 15.4. The number of phenols is 1. The minimum atomic E-state index is -0.657. The van der Waals surface area contributed by atoms with E-state index in [0.29, 0.717) is 35.9 Å². The Morgan fingerprint density at radius 1 is 1.09 bits per heavy atom. The monoisotopic (exact) mass is 434 g/mol. The molecule has 2 amide bonds. The molecule has 1 saturated carbocycles. The van der Waals surface area contributed by atoms with Gasteiger partial charge in [0.15, 0.2) is 0 Å². The molecule has 2 aliphatic rings. The van der Waals surface area contributed by atoms with Crippen LogP contribution in [0.25, 0.3) is 0 Å². The maximum absolute atomic E-state index is 13.3. The lowest BCUT2D eigenvalue weighted by atomic mass is 9.90. The van der Waals surface area contributed by atoms with Gasteiger partial charge in [-0.3, -0.25) is 0 Å². The lowest BCUT2D eigenvalue weighted by Crippen LogP contribution is -2.48. The smallest absolute Gasteiger partial charge is 0.338 e. The number of hydrogen-bond acceptors (Lipinski definition) is 4. The first-order valence-electron chi connectivity index (χ1n) is 11.3. The predicted molar refractivity (Wildman–Crippen MR) is 122 cm³/mol. The first kappa shape index (κ1) is 21.9. The van der Waals surface area contributed by atoms with Crippen LogP contribution in [0.3, 0.4) is 0 Å². The fourth-order valence-electron chi connectivity index (χ4n) is 4.65. The van der Waals surface area contributed by atoms with E-state index in [1.165, 1.54) is 19.3 Å². The number of ether oxygens (including phenoxy) is 1. The molecule has 0 saturated heterocycles. The number of nitrogens with one attached hydrogen (secondary N) is 1. The summed E-state index contributed by atoms with van der Waals surface area (Å²) in [6.45, 7) is 2.44. The summed E-state index contributed by atoms with van der Waals surface area (Å²) in [5.74, 6) is 0.0617. The lowest BCUT2D eigenvalue weighted by Gasteiger charge is -2.38. The highest BCUT2D eigenvalue weighted by Crippen LogP contribution is 2.37. The van der Waals surface area contributed by atoms with Gasteiger partial charge >= 0.3 is 12.0 Å².